The minimum Gasteiger partial charge on any atom is -0.355 e. The van der Waals surface area contributed by atoms with E-state index in [1.54, 1.807) is 0 Å². The molecular formula is C24H14Br2N2S. The molecule has 5 heteroatoms. The average Bonchev–Trinajstić information content (AvgIpc) is 3.25. The molecule has 0 bridgehead atoms. The van der Waals surface area contributed by atoms with Gasteiger partial charge in [-0.1, -0.05) is 36.0 Å². The van der Waals surface area contributed by atoms with Gasteiger partial charge in [-0.3, -0.25) is 0 Å². The Morgan fingerprint density at radius 3 is 1.59 bits per heavy atom. The van der Waals surface area contributed by atoms with Crippen LogP contribution in [0.25, 0.3) is 43.8 Å². The zero-order valence-corrected chi connectivity index (χ0v) is 19.1. The van der Waals surface area contributed by atoms with E-state index in [4.69, 9.17) is 0 Å². The predicted molar refractivity (Wildman–Crippen MR) is 129 cm³/mol. The number of hydrogen-bond donors (Lipinski definition) is 2. The molecule has 0 saturated heterocycles. The van der Waals surface area contributed by atoms with Gasteiger partial charge in [0.2, 0.25) is 0 Å². The Hall–Kier alpha value is -2.21. The van der Waals surface area contributed by atoms with Crippen molar-refractivity contribution in [3.63, 3.8) is 0 Å². The maximum absolute atomic E-state index is 3.55. The normalized spacial score (nSPS) is 11.9. The van der Waals surface area contributed by atoms with Gasteiger partial charge in [0.1, 0.15) is 0 Å². The molecule has 0 radical (unpaired) electrons. The highest BCUT2D eigenvalue weighted by Crippen LogP contribution is 2.46. The number of nitrogens with one attached hydrogen (secondary N) is 2. The van der Waals surface area contributed by atoms with Crippen LogP contribution in [0.15, 0.2) is 92.1 Å². The first-order valence-electron chi connectivity index (χ1n) is 9.24. The first-order chi connectivity index (χ1) is 14.2. The molecule has 2 aromatic carbocycles. The lowest BCUT2D eigenvalue weighted by Crippen LogP contribution is -1.83. The Balaban J connectivity index is 1.57. The van der Waals surface area contributed by atoms with Crippen LogP contribution in [0.1, 0.15) is 0 Å². The van der Waals surface area contributed by atoms with Crippen molar-refractivity contribution < 1.29 is 0 Å². The Labute approximate surface area is 188 Å². The van der Waals surface area contributed by atoms with Crippen molar-refractivity contribution in [1.29, 1.82) is 0 Å². The molecular weight excluding hydrogens is 508 g/mol. The number of H-pyrrole nitrogens is 2. The Morgan fingerprint density at radius 2 is 1.10 bits per heavy atom. The van der Waals surface area contributed by atoms with E-state index in [0.29, 0.717) is 0 Å². The minimum absolute atomic E-state index is 0.991. The highest BCUT2D eigenvalue weighted by molar-refractivity contribution is 9.10. The zero-order valence-electron chi connectivity index (χ0n) is 15.1. The van der Waals surface area contributed by atoms with Crippen LogP contribution < -0.4 is 0 Å². The van der Waals surface area contributed by atoms with Crippen LogP contribution in [-0.2, 0) is 0 Å². The molecule has 2 aliphatic carbocycles. The summed E-state index contributed by atoms with van der Waals surface area (Å²) in [6.07, 6.45) is 4.19. The fraction of sp³-hybridized carbons (Fsp3) is 0. The lowest BCUT2D eigenvalue weighted by Gasteiger charge is -2.09. The summed E-state index contributed by atoms with van der Waals surface area (Å²) in [5, 5.41) is 5.15. The number of fused-ring (bicyclic) bond motifs is 6. The van der Waals surface area contributed by atoms with Crippen molar-refractivity contribution in [1.82, 2.24) is 9.97 Å². The van der Waals surface area contributed by atoms with Gasteiger partial charge in [0, 0.05) is 44.1 Å². The predicted octanol–water partition coefficient (Wildman–Crippen LogP) is 8.54. The third-order valence-electron chi connectivity index (χ3n) is 5.39. The maximum atomic E-state index is 3.55. The lowest BCUT2D eigenvalue weighted by molar-refractivity contribution is 1.28. The Bertz CT molecular complexity index is 1350. The second-order valence-electron chi connectivity index (χ2n) is 7.13. The van der Waals surface area contributed by atoms with Crippen molar-refractivity contribution >= 4 is 65.2 Å². The topological polar surface area (TPSA) is 31.6 Å². The number of benzene rings is 2. The van der Waals surface area contributed by atoms with Crippen molar-refractivity contribution in [2.45, 2.75) is 9.79 Å². The molecule has 2 N–H and O–H groups in total. The molecule has 0 unspecified atom stereocenters. The van der Waals surface area contributed by atoms with Crippen LogP contribution in [-0.4, -0.2) is 9.97 Å². The SMILES string of the molecule is Brc1cc2cc3cccc(Sc4cccc5cc6cc(Br)[nH]cc-6c45)c3c-2c[nH]1. The van der Waals surface area contributed by atoms with Gasteiger partial charge in [-0.2, -0.15) is 0 Å². The van der Waals surface area contributed by atoms with Crippen molar-refractivity contribution in [2.24, 2.45) is 0 Å². The number of hydrogen-bond acceptors (Lipinski definition) is 1. The summed E-state index contributed by atoms with van der Waals surface area (Å²) in [5.74, 6) is 0. The molecule has 2 aromatic rings. The van der Waals surface area contributed by atoms with E-state index in [0.717, 1.165) is 9.21 Å². The van der Waals surface area contributed by atoms with Gasteiger partial charge in [-0.25, -0.2) is 0 Å². The van der Waals surface area contributed by atoms with E-state index in [2.05, 4.69) is 115 Å². The maximum Gasteiger partial charge on any atom is 0.0825 e. The largest absolute Gasteiger partial charge is 0.355 e. The van der Waals surface area contributed by atoms with Crippen molar-refractivity contribution in [2.75, 3.05) is 0 Å². The second-order valence-corrected chi connectivity index (χ2v) is 9.92. The van der Waals surface area contributed by atoms with Crippen molar-refractivity contribution in [3.8, 4) is 22.3 Å². The third-order valence-corrected chi connectivity index (χ3v) is 7.43. The third kappa shape index (κ3) is 2.83. The molecule has 2 heterocycles. The number of rotatable bonds is 2. The zero-order chi connectivity index (χ0) is 19.5. The van der Waals surface area contributed by atoms with E-state index < -0.39 is 0 Å². The van der Waals surface area contributed by atoms with E-state index in [1.807, 2.05) is 11.8 Å². The van der Waals surface area contributed by atoms with E-state index in [-0.39, 0.29) is 0 Å². The summed E-state index contributed by atoms with van der Waals surface area (Å²) in [7, 11) is 0. The molecule has 0 amide bonds. The molecule has 0 aromatic heterocycles. The first-order valence-corrected chi connectivity index (χ1v) is 11.6. The number of aromatic amines is 2. The van der Waals surface area contributed by atoms with E-state index in [9.17, 15) is 0 Å². The standard InChI is InChI=1S/C24H14Br2N2S/c25-21-9-15-7-13-3-1-5-19(23(13)17(15)11-27-21)29-20-6-2-4-14-8-16-10-22(26)28-12-18(16)24(14)20/h1-12,27-28H. The molecule has 6 rings (SSSR count). The highest BCUT2D eigenvalue weighted by atomic mass is 79.9. The summed E-state index contributed by atoms with van der Waals surface area (Å²) in [6, 6.07) is 21.9. The summed E-state index contributed by atoms with van der Waals surface area (Å²) in [4.78, 5) is 9.14. The van der Waals surface area contributed by atoms with Gasteiger partial charge in [-0.05, 0) is 90.2 Å². The molecule has 0 spiro atoms. The lowest BCUT2D eigenvalue weighted by atomic mass is 10.1. The fourth-order valence-electron chi connectivity index (χ4n) is 4.17. The summed E-state index contributed by atoms with van der Waals surface area (Å²) in [6.45, 7) is 0. The fourth-order valence-corrected chi connectivity index (χ4v) is 6.08. The number of pyridine rings is 2. The average molecular weight is 522 g/mol. The number of halogens is 2. The highest BCUT2D eigenvalue weighted by Gasteiger charge is 2.18. The molecule has 0 saturated carbocycles. The van der Waals surface area contributed by atoms with Gasteiger partial charge in [0.15, 0.2) is 0 Å². The second kappa shape index (κ2) is 6.66. The van der Waals surface area contributed by atoms with Gasteiger partial charge in [-0.15, -0.1) is 0 Å². The monoisotopic (exact) mass is 520 g/mol. The van der Waals surface area contributed by atoms with Crippen LogP contribution >= 0.6 is 43.6 Å². The smallest absolute Gasteiger partial charge is 0.0825 e. The van der Waals surface area contributed by atoms with Gasteiger partial charge in [0.25, 0.3) is 0 Å². The summed E-state index contributed by atoms with van der Waals surface area (Å²) >= 11 is 8.93. The van der Waals surface area contributed by atoms with Crippen LogP contribution in [0.2, 0.25) is 0 Å². The Morgan fingerprint density at radius 1 is 0.621 bits per heavy atom. The van der Waals surface area contributed by atoms with Gasteiger partial charge >= 0.3 is 0 Å². The molecule has 4 aliphatic rings. The molecule has 140 valence electrons. The molecule has 2 aliphatic heterocycles. The van der Waals surface area contributed by atoms with E-state index >= 15 is 0 Å². The van der Waals surface area contributed by atoms with Crippen LogP contribution in [0.5, 0.6) is 0 Å². The molecule has 2 nitrogen and oxygen atoms in total. The van der Waals surface area contributed by atoms with Crippen molar-refractivity contribution in [3.05, 3.63) is 82.3 Å². The minimum atomic E-state index is 0.991. The Kier molecular flexibility index (Phi) is 4.05. The number of aromatic nitrogens is 2. The van der Waals surface area contributed by atoms with E-state index in [1.165, 1.54) is 53.6 Å². The van der Waals surface area contributed by atoms with Crippen LogP contribution in [0.4, 0.5) is 0 Å². The quantitative estimate of drug-likeness (QED) is 0.220. The van der Waals surface area contributed by atoms with Gasteiger partial charge in [0.05, 0.1) is 9.21 Å². The molecule has 0 fully saturated rings. The van der Waals surface area contributed by atoms with Crippen LogP contribution in [0, 0.1) is 0 Å². The summed E-state index contributed by atoms with van der Waals surface area (Å²) in [5.41, 5.74) is 5.00. The first kappa shape index (κ1) is 17.6. The van der Waals surface area contributed by atoms with Gasteiger partial charge < -0.3 is 9.97 Å². The van der Waals surface area contributed by atoms with Crippen LogP contribution in [0.3, 0.4) is 0 Å². The molecule has 29 heavy (non-hydrogen) atoms. The molecule has 0 atom stereocenters. The summed E-state index contributed by atoms with van der Waals surface area (Å²) < 4.78 is 1.98.